The maximum atomic E-state index is 13.2. The maximum absolute atomic E-state index is 13.2. The quantitative estimate of drug-likeness (QED) is 0.176. The number of aliphatic hydroxyl groups excluding tert-OH is 1. The summed E-state index contributed by atoms with van der Waals surface area (Å²) in [6.45, 7) is 3.29. The van der Waals surface area contributed by atoms with Crippen LogP contribution in [-0.4, -0.2) is 33.9 Å². The van der Waals surface area contributed by atoms with Crippen LogP contribution >= 0.6 is 0 Å². The van der Waals surface area contributed by atoms with E-state index in [0.717, 1.165) is 53.0 Å². The van der Waals surface area contributed by atoms with Crippen LogP contribution in [0.5, 0.6) is 0 Å². The van der Waals surface area contributed by atoms with Gasteiger partial charge in [-0.05, 0) is 56.4 Å². The van der Waals surface area contributed by atoms with E-state index >= 15 is 0 Å². The molecule has 4 rings (SSSR count). The Morgan fingerprint density at radius 2 is 1.59 bits per heavy atom. The molecule has 0 saturated heterocycles. The van der Waals surface area contributed by atoms with Gasteiger partial charge in [0.05, 0.1) is 17.1 Å². The van der Waals surface area contributed by atoms with E-state index in [4.69, 9.17) is 10.2 Å². The molecule has 0 radical (unpaired) electrons. The summed E-state index contributed by atoms with van der Waals surface area (Å²) in [6.07, 6.45) is 3.19. The largest absolute Gasteiger partial charge is 0.396 e. The molecule has 0 unspecified atom stereocenters. The molecule has 1 amide bonds. The maximum Gasteiger partial charge on any atom is 0.272 e. The number of unbranched alkanes of at least 4 members (excludes halogenated alkanes) is 2. The van der Waals surface area contributed by atoms with Gasteiger partial charge in [-0.3, -0.25) is 9.48 Å². The normalized spacial score (nSPS) is 11.2. The van der Waals surface area contributed by atoms with Crippen molar-refractivity contribution in [1.29, 1.82) is 0 Å². The van der Waals surface area contributed by atoms with Gasteiger partial charge in [0, 0.05) is 30.8 Å². The summed E-state index contributed by atoms with van der Waals surface area (Å²) in [6, 6.07) is 27.5. The van der Waals surface area contributed by atoms with Gasteiger partial charge in [0.2, 0.25) is 0 Å². The highest BCUT2D eigenvalue weighted by Crippen LogP contribution is 2.27. The predicted octanol–water partition coefficient (Wildman–Crippen LogP) is 6.41. The Bertz CT molecular complexity index is 1320. The number of aryl methyl sites for hydroxylation is 1. The first-order chi connectivity index (χ1) is 18.2. The fraction of sp³-hybridized carbons (Fsp3) is 0.267. The number of benzene rings is 3. The number of rotatable bonds is 12. The molecule has 2 N–H and O–H groups in total. The molecular weight excluding hydrogens is 462 g/mol. The minimum atomic E-state index is -0.188. The Morgan fingerprint density at radius 3 is 2.35 bits per heavy atom. The molecule has 0 aliphatic carbocycles. The van der Waals surface area contributed by atoms with Gasteiger partial charge < -0.3 is 10.4 Å². The lowest BCUT2D eigenvalue weighted by Crippen LogP contribution is -2.26. The molecule has 7 heteroatoms. The Labute approximate surface area is 217 Å². The van der Waals surface area contributed by atoms with Gasteiger partial charge >= 0.3 is 0 Å². The lowest BCUT2D eigenvalue weighted by molar-refractivity contribution is 0.0947. The van der Waals surface area contributed by atoms with Crippen molar-refractivity contribution >= 4 is 17.3 Å². The van der Waals surface area contributed by atoms with E-state index < -0.39 is 0 Å². The molecule has 1 aromatic heterocycles. The van der Waals surface area contributed by atoms with Crippen molar-refractivity contribution in [3.8, 4) is 11.3 Å². The van der Waals surface area contributed by atoms with Gasteiger partial charge in [0.15, 0.2) is 5.69 Å². The molecule has 7 nitrogen and oxygen atoms in total. The average Bonchev–Trinajstić information content (AvgIpc) is 3.27. The second-order valence-corrected chi connectivity index (χ2v) is 8.87. The molecule has 0 aliphatic heterocycles. The molecule has 0 spiro atoms. The Kier molecular flexibility index (Phi) is 9.32. The van der Waals surface area contributed by atoms with Crippen LogP contribution in [0.1, 0.15) is 40.9 Å². The van der Waals surface area contributed by atoms with Gasteiger partial charge in [0.1, 0.15) is 0 Å². The highest BCUT2D eigenvalue weighted by atomic mass is 16.2. The average molecular weight is 496 g/mol. The highest BCUT2D eigenvalue weighted by molar-refractivity contribution is 5.95. The van der Waals surface area contributed by atoms with Gasteiger partial charge in [-0.15, -0.1) is 0 Å². The first-order valence-corrected chi connectivity index (χ1v) is 12.7. The molecule has 190 valence electrons. The zero-order valence-corrected chi connectivity index (χ0v) is 21.2. The van der Waals surface area contributed by atoms with Crippen LogP contribution in [0, 0.1) is 6.92 Å². The van der Waals surface area contributed by atoms with Crippen molar-refractivity contribution in [2.24, 2.45) is 10.2 Å². The van der Waals surface area contributed by atoms with Crippen molar-refractivity contribution in [3.05, 3.63) is 102 Å². The summed E-state index contributed by atoms with van der Waals surface area (Å²) in [4.78, 5) is 13.2. The fourth-order valence-corrected chi connectivity index (χ4v) is 4.26. The molecule has 0 atom stereocenters. The first kappa shape index (κ1) is 26.0. The van der Waals surface area contributed by atoms with Crippen LogP contribution in [-0.2, 0) is 13.0 Å². The number of aromatic nitrogens is 2. The third-order valence-electron chi connectivity index (χ3n) is 6.18. The number of amides is 1. The van der Waals surface area contributed by atoms with E-state index in [2.05, 4.69) is 15.5 Å². The van der Waals surface area contributed by atoms with Crippen molar-refractivity contribution in [1.82, 2.24) is 15.1 Å². The van der Waals surface area contributed by atoms with E-state index in [-0.39, 0.29) is 12.5 Å². The molecule has 0 bridgehead atoms. The summed E-state index contributed by atoms with van der Waals surface area (Å²) < 4.78 is 1.93. The van der Waals surface area contributed by atoms with Crippen LogP contribution < -0.4 is 5.32 Å². The standard InChI is InChI=1S/C30H33N5O2/c1-23-28(34-35(21-11-4-12-22-36)29(23)25-14-5-2-6-15-25)30(37)31-20-19-24-13-9-10-18-27(24)33-32-26-16-7-3-8-17-26/h2-3,5-10,13-18,36H,4,11-12,19-22H2,1H3,(H,31,37). The van der Waals surface area contributed by atoms with Gasteiger partial charge in [-0.1, -0.05) is 66.7 Å². The van der Waals surface area contributed by atoms with Crippen molar-refractivity contribution in [2.75, 3.05) is 13.2 Å². The fourth-order valence-electron chi connectivity index (χ4n) is 4.26. The smallest absolute Gasteiger partial charge is 0.272 e. The van der Waals surface area contributed by atoms with Crippen LogP contribution in [0.4, 0.5) is 11.4 Å². The SMILES string of the molecule is Cc1c(C(=O)NCCc2ccccc2N=Nc2ccccc2)nn(CCCCCO)c1-c1ccccc1. The van der Waals surface area contributed by atoms with Crippen molar-refractivity contribution in [3.63, 3.8) is 0 Å². The highest BCUT2D eigenvalue weighted by Gasteiger charge is 2.21. The number of nitrogens with zero attached hydrogens (tertiary/aromatic N) is 4. The molecule has 0 aliphatic rings. The molecule has 0 fully saturated rings. The second-order valence-electron chi connectivity index (χ2n) is 8.87. The molecule has 1 heterocycles. The Hall–Kier alpha value is -4.10. The van der Waals surface area contributed by atoms with E-state index in [1.165, 1.54) is 0 Å². The van der Waals surface area contributed by atoms with Crippen LogP contribution in [0.25, 0.3) is 11.3 Å². The van der Waals surface area contributed by atoms with Gasteiger partial charge in [0.25, 0.3) is 5.91 Å². The number of carbonyl (C=O) groups excluding carboxylic acids is 1. The molecule has 3 aromatic carbocycles. The van der Waals surface area contributed by atoms with E-state index in [0.29, 0.717) is 25.2 Å². The van der Waals surface area contributed by atoms with Crippen molar-refractivity contribution in [2.45, 2.75) is 39.2 Å². The van der Waals surface area contributed by atoms with E-state index in [1.54, 1.807) is 0 Å². The summed E-state index contributed by atoms with van der Waals surface area (Å²) in [5.74, 6) is -0.188. The molecule has 37 heavy (non-hydrogen) atoms. The summed E-state index contributed by atoms with van der Waals surface area (Å²) in [5, 5.41) is 25.6. The number of hydrogen-bond acceptors (Lipinski definition) is 5. The zero-order chi connectivity index (χ0) is 25.9. The van der Waals surface area contributed by atoms with E-state index in [9.17, 15) is 4.79 Å². The number of hydrogen-bond donors (Lipinski definition) is 2. The number of azo groups is 1. The van der Waals surface area contributed by atoms with Crippen LogP contribution in [0.15, 0.2) is 95.2 Å². The number of aliphatic hydroxyl groups is 1. The lowest BCUT2D eigenvalue weighted by atomic mass is 10.1. The molecule has 0 saturated carbocycles. The minimum absolute atomic E-state index is 0.188. The summed E-state index contributed by atoms with van der Waals surface area (Å²) >= 11 is 0. The van der Waals surface area contributed by atoms with Gasteiger partial charge in [-0.2, -0.15) is 15.3 Å². The van der Waals surface area contributed by atoms with Crippen LogP contribution in [0.3, 0.4) is 0 Å². The van der Waals surface area contributed by atoms with E-state index in [1.807, 2.05) is 96.5 Å². The summed E-state index contributed by atoms with van der Waals surface area (Å²) in [7, 11) is 0. The Morgan fingerprint density at radius 1 is 0.892 bits per heavy atom. The third-order valence-corrected chi connectivity index (χ3v) is 6.18. The van der Waals surface area contributed by atoms with Gasteiger partial charge in [-0.25, -0.2) is 0 Å². The predicted molar refractivity (Wildman–Crippen MR) is 146 cm³/mol. The lowest BCUT2D eigenvalue weighted by Gasteiger charge is -2.08. The topological polar surface area (TPSA) is 91.9 Å². The minimum Gasteiger partial charge on any atom is -0.396 e. The summed E-state index contributed by atoms with van der Waals surface area (Å²) in [5.41, 5.74) is 5.89. The third kappa shape index (κ3) is 6.98. The zero-order valence-electron chi connectivity index (χ0n) is 21.2. The molecule has 4 aromatic rings. The number of carbonyl (C=O) groups is 1. The second kappa shape index (κ2) is 13.3. The Balaban J connectivity index is 1.45. The first-order valence-electron chi connectivity index (χ1n) is 12.7. The molecular formula is C30H33N5O2. The van der Waals surface area contributed by atoms with Crippen LogP contribution in [0.2, 0.25) is 0 Å². The monoisotopic (exact) mass is 495 g/mol. The van der Waals surface area contributed by atoms with Crippen molar-refractivity contribution < 1.29 is 9.90 Å². The number of nitrogens with one attached hydrogen (secondary N) is 1.